The molecule has 0 aliphatic carbocycles. The van der Waals surface area contributed by atoms with Crippen LogP contribution >= 0.6 is 0 Å². The predicted octanol–water partition coefficient (Wildman–Crippen LogP) is 4.46. The van der Waals surface area contributed by atoms with Gasteiger partial charge in [0.15, 0.2) is 0 Å². The Morgan fingerprint density at radius 3 is 2.80 bits per heavy atom. The van der Waals surface area contributed by atoms with E-state index in [9.17, 15) is 9.18 Å². The quantitative estimate of drug-likeness (QED) is 0.567. The first-order valence-corrected chi connectivity index (χ1v) is 10.8. The molecule has 0 spiro atoms. The number of likely N-dealkylation sites (tertiary alicyclic amines) is 1. The molecule has 0 bridgehead atoms. The van der Waals surface area contributed by atoms with Gasteiger partial charge in [-0.25, -0.2) is 4.39 Å². The number of carbonyl (C=O) groups excluding carboxylic acids is 1. The van der Waals surface area contributed by atoms with Crippen LogP contribution in [0, 0.1) is 5.82 Å². The van der Waals surface area contributed by atoms with Crippen molar-refractivity contribution >= 4 is 28.6 Å². The second-order valence-electron chi connectivity index (χ2n) is 8.19. The predicted molar refractivity (Wildman–Crippen MR) is 116 cm³/mol. The molecular formula is C24H26FN3O2. The molecule has 30 heavy (non-hydrogen) atoms. The highest BCUT2D eigenvalue weighted by molar-refractivity contribution is 6.36. The number of halogens is 1. The molecule has 2 N–H and O–H groups in total. The average Bonchev–Trinajstić information content (AvgIpc) is 3.31. The number of hydrogen-bond donors (Lipinski definition) is 2. The molecule has 2 aromatic carbocycles. The van der Waals surface area contributed by atoms with Gasteiger partial charge in [-0.2, -0.15) is 0 Å². The monoisotopic (exact) mass is 407 g/mol. The number of ether oxygens (including phenoxy) is 1. The maximum atomic E-state index is 13.8. The minimum absolute atomic E-state index is 0.252. The number of fused-ring (bicyclic) bond motifs is 2. The standard InChI is InChI=1S/C24H26FN3O2/c25-17-5-8-21-20(14-17)22(24(29)27-21)23-19-7-6-18(13-16(19)15-30-23)26-9-4-12-28-10-2-1-3-11-28/h5-8,13-14,26H,1-4,9-12,15H2,(H,27,29). The van der Waals surface area contributed by atoms with Gasteiger partial charge in [0.05, 0.1) is 5.57 Å². The molecule has 0 radical (unpaired) electrons. The normalized spacial score (nSPS) is 20.5. The molecule has 3 aliphatic heterocycles. The fourth-order valence-electron chi connectivity index (χ4n) is 4.56. The maximum absolute atomic E-state index is 13.8. The topological polar surface area (TPSA) is 53.6 Å². The number of nitrogens with zero attached hydrogens (tertiary/aromatic N) is 1. The summed E-state index contributed by atoms with van der Waals surface area (Å²) >= 11 is 0. The molecule has 1 amide bonds. The largest absolute Gasteiger partial charge is 0.487 e. The van der Waals surface area contributed by atoms with E-state index in [0.717, 1.165) is 36.3 Å². The summed E-state index contributed by atoms with van der Waals surface area (Å²) in [7, 11) is 0. The molecule has 5 nitrogen and oxygen atoms in total. The van der Waals surface area contributed by atoms with Crippen molar-refractivity contribution in [2.45, 2.75) is 32.3 Å². The van der Waals surface area contributed by atoms with Crippen LogP contribution in [0.15, 0.2) is 36.4 Å². The van der Waals surface area contributed by atoms with E-state index in [0.29, 0.717) is 29.2 Å². The Kier molecular flexibility index (Phi) is 5.17. The number of rotatable bonds is 5. The van der Waals surface area contributed by atoms with Crippen molar-refractivity contribution in [2.24, 2.45) is 0 Å². The van der Waals surface area contributed by atoms with E-state index >= 15 is 0 Å². The van der Waals surface area contributed by atoms with Crippen LogP contribution < -0.4 is 10.6 Å². The average molecular weight is 407 g/mol. The lowest BCUT2D eigenvalue weighted by Gasteiger charge is -2.26. The Hall–Kier alpha value is -2.86. The minimum atomic E-state index is -0.370. The van der Waals surface area contributed by atoms with Crippen molar-refractivity contribution in [3.63, 3.8) is 0 Å². The molecule has 1 saturated heterocycles. The lowest BCUT2D eigenvalue weighted by molar-refractivity contribution is -0.110. The number of piperidine rings is 1. The number of hydrogen-bond acceptors (Lipinski definition) is 4. The zero-order valence-electron chi connectivity index (χ0n) is 17.0. The van der Waals surface area contributed by atoms with E-state index in [4.69, 9.17) is 4.74 Å². The van der Waals surface area contributed by atoms with Crippen LogP contribution in [0.3, 0.4) is 0 Å². The van der Waals surface area contributed by atoms with Crippen LogP contribution in [0.2, 0.25) is 0 Å². The smallest absolute Gasteiger partial charge is 0.260 e. The first kappa shape index (κ1) is 19.1. The zero-order valence-corrected chi connectivity index (χ0v) is 17.0. The molecule has 5 rings (SSSR count). The highest BCUT2D eigenvalue weighted by Gasteiger charge is 2.32. The molecule has 0 atom stereocenters. The summed E-state index contributed by atoms with van der Waals surface area (Å²) in [5, 5.41) is 6.30. The van der Waals surface area contributed by atoms with Crippen LogP contribution in [0.4, 0.5) is 15.8 Å². The summed E-state index contributed by atoms with van der Waals surface area (Å²) in [6.07, 6.45) is 5.13. The molecule has 6 heteroatoms. The Morgan fingerprint density at radius 1 is 1.07 bits per heavy atom. The molecule has 1 fully saturated rings. The van der Waals surface area contributed by atoms with Crippen LogP contribution in [0.1, 0.15) is 42.4 Å². The first-order valence-electron chi connectivity index (χ1n) is 10.8. The molecule has 156 valence electrons. The third-order valence-electron chi connectivity index (χ3n) is 6.10. The van der Waals surface area contributed by atoms with E-state index in [1.165, 1.54) is 44.5 Å². The van der Waals surface area contributed by atoms with Crippen LogP contribution in [0.25, 0.3) is 11.3 Å². The molecule has 3 aliphatic rings. The number of benzene rings is 2. The second kappa shape index (κ2) is 8.11. The van der Waals surface area contributed by atoms with Gasteiger partial charge in [0, 0.05) is 34.6 Å². The highest BCUT2D eigenvalue weighted by Crippen LogP contribution is 2.42. The van der Waals surface area contributed by atoms with Crippen molar-refractivity contribution in [3.8, 4) is 0 Å². The van der Waals surface area contributed by atoms with Gasteiger partial charge in [0.1, 0.15) is 18.2 Å². The van der Waals surface area contributed by atoms with Crippen molar-refractivity contribution in [2.75, 3.05) is 36.8 Å². The number of carbonyl (C=O) groups is 1. The van der Waals surface area contributed by atoms with Crippen LogP contribution in [0.5, 0.6) is 0 Å². The van der Waals surface area contributed by atoms with Crippen molar-refractivity contribution in [1.29, 1.82) is 0 Å². The summed E-state index contributed by atoms with van der Waals surface area (Å²) in [4.78, 5) is 15.1. The molecule has 0 unspecified atom stereocenters. The minimum Gasteiger partial charge on any atom is -0.487 e. The fraction of sp³-hybridized carbons (Fsp3) is 0.375. The first-order chi connectivity index (χ1) is 14.7. The lowest BCUT2D eigenvalue weighted by atomic mass is 10.00. The molecule has 2 aromatic rings. The van der Waals surface area contributed by atoms with E-state index in [-0.39, 0.29) is 11.7 Å². The number of anilines is 2. The van der Waals surface area contributed by atoms with Gasteiger partial charge in [-0.1, -0.05) is 6.42 Å². The van der Waals surface area contributed by atoms with E-state index in [2.05, 4.69) is 21.6 Å². The molecule has 0 saturated carbocycles. The molecule has 3 heterocycles. The van der Waals surface area contributed by atoms with E-state index in [1.54, 1.807) is 6.07 Å². The third kappa shape index (κ3) is 3.67. The summed E-state index contributed by atoms with van der Waals surface area (Å²) in [6.45, 7) is 4.94. The van der Waals surface area contributed by atoms with Crippen molar-refractivity contribution < 1.29 is 13.9 Å². The Morgan fingerprint density at radius 2 is 1.93 bits per heavy atom. The van der Waals surface area contributed by atoms with Gasteiger partial charge in [-0.15, -0.1) is 0 Å². The van der Waals surface area contributed by atoms with E-state index in [1.807, 2.05) is 12.1 Å². The summed E-state index contributed by atoms with van der Waals surface area (Å²) < 4.78 is 19.6. The van der Waals surface area contributed by atoms with Gasteiger partial charge in [-0.05, 0) is 75.3 Å². The van der Waals surface area contributed by atoms with Crippen LogP contribution in [-0.4, -0.2) is 37.0 Å². The van der Waals surface area contributed by atoms with Gasteiger partial charge in [0.2, 0.25) is 0 Å². The zero-order chi connectivity index (χ0) is 20.5. The Labute approximate surface area is 175 Å². The lowest BCUT2D eigenvalue weighted by Crippen LogP contribution is -2.31. The van der Waals surface area contributed by atoms with Gasteiger partial charge < -0.3 is 20.3 Å². The SMILES string of the molecule is O=C1Nc2ccc(F)cc2C1=C1OCc2cc(NCCCN3CCCCC3)ccc21. The van der Waals surface area contributed by atoms with Gasteiger partial charge in [-0.3, -0.25) is 4.79 Å². The second-order valence-corrected chi connectivity index (χ2v) is 8.19. The summed E-state index contributed by atoms with van der Waals surface area (Å²) in [5.41, 5.74) is 4.58. The number of nitrogens with one attached hydrogen (secondary N) is 2. The van der Waals surface area contributed by atoms with E-state index < -0.39 is 0 Å². The number of amides is 1. The molecular weight excluding hydrogens is 381 g/mol. The van der Waals surface area contributed by atoms with Crippen molar-refractivity contribution in [1.82, 2.24) is 4.90 Å². The van der Waals surface area contributed by atoms with Gasteiger partial charge >= 0.3 is 0 Å². The fourth-order valence-corrected chi connectivity index (χ4v) is 4.56. The maximum Gasteiger partial charge on any atom is 0.260 e. The Balaban J connectivity index is 1.29. The Bertz CT molecular complexity index is 1010. The van der Waals surface area contributed by atoms with Gasteiger partial charge in [0.25, 0.3) is 5.91 Å². The van der Waals surface area contributed by atoms with Crippen molar-refractivity contribution in [3.05, 3.63) is 58.9 Å². The summed E-state index contributed by atoms with van der Waals surface area (Å²) in [6, 6.07) is 10.4. The van der Waals surface area contributed by atoms with Crippen LogP contribution in [-0.2, 0) is 16.1 Å². The highest BCUT2D eigenvalue weighted by atomic mass is 19.1. The third-order valence-corrected chi connectivity index (χ3v) is 6.10. The summed E-state index contributed by atoms with van der Waals surface area (Å²) in [5.74, 6) is -0.0902. The molecule has 0 aromatic heterocycles.